The van der Waals surface area contributed by atoms with Gasteiger partial charge in [-0.05, 0) is 42.8 Å². The van der Waals surface area contributed by atoms with E-state index in [9.17, 15) is 14.4 Å². The topological polar surface area (TPSA) is 115 Å². The van der Waals surface area contributed by atoms with E-state index in [-0.39, 0.29) is 24.3 Å². The van der Waals surface area contributed by atoms with Gasteiger partial charge in [-0.1, -0.05) is 0 Å². The predicted molar refractivity (Wildman–Crippen MR) is 108 cm³/mol. The van der Waals surface area contributed by atoms with Gasteiger partial charge in [0.05, 0.1) is 23.8 Å². The number of fused-ring (bicyclic) bond motifs is 1. The maximum Gasteiger partial charge on any atom is 0.335 e. The second-order valence-corrected chi connectivity index (χ2v) is 7.13. The number of thiophene rings is 1. The van der Waals surface area contributed by atoms with Crippen LogP contribution in [0.3, 0.4) is 0 Å². The summed E-state index contributed by atoms with van der Waals surface area (Å²) in [6.45, 7) is 0.454. The van der Waals surface area contributed by atoms with Crippen molar-refractivity contribution in [1.29, 1.82) is 0 Å². The summed E-state index contributed by atoms with van der Waals surface area (Å²) in [6.07, 6.45) is 1.96. The quantitative estimate of drug-likeness (QED) is 0.451. The van der Waals surface area contributed by atoms with Crippen molar-refractivity contribution >= 4 is 27.5 Å². The number of carboxylic acids is 1. The molecule has 0 spiro atoms. The van der Waals surface area contributed by atoms with E-state index in [1.807, 2.05) is 0 Å². The van der Waals surface area contributed by atoms with Gasteiger partial charge < -0.3 is 14.3 Å². The van der Waals surface area contributed by atoms with Crippen molar-refractivity contribution in [1.82, 2.24) is 9.55 Å². The SMILES string of the molecule is O=C(O)c1ccc(OCCCn2c(=O)[nH]c3scc(-c4ccco4)c3c2=O)cc1. The van der Waals surface area contributed by atoms with Crippen molar-refractivity contribution < 1.29 is 19.1 Å². The normalized spacial score (nSPS) is 11.0. The van der Waals surface area contributed by atoms with Gasteiger partial charge in [-0.25, -0.2) is 9.59 Å². The van der Waals surface area contributed by atoms with Crippen LogP contribution in [0.1, 0.15) is 16.8 Å². The van der Waals surface area contributed by atoms with E-state index in [0.29, 0.717) is 33.7 Å². The summed E-state index contributed by atoms with van der Waals surface area (Å²) in [5.41, 5.74) is -0.0185. The van der Waals surface area contributed by atoms with Gasteiger partial charge >= 0.3 is 11.7 Å². The van der Waals surface area contributed by atoms with Crippen LogP contribution < -0.4 is 16.0 Å². The van der Waals surface area contributed by atoms with Crippen molar-refractivity contribution in [2.24, 2.45) is 0 Å². The minimum atomic E-state index is -1.01. The molecule has 3 heterocycles. The fourth-order valence-corrected chi connectivity index (χ4v) is 3.91. The number of furan rings is 1. The predicted octanol–water partition coefficient (Wildman–Crippen LogP) is 3.18. The van der Waals surface area contributed by atoms with Crippen molar-refractivity contribution in [2.75, 3.05) is 6.61 Å². The molecule has 2 N–H and O–H groups in total. The van der Waals surface area contributed by atoms with Gasteiger partial charge in [0.15, 0.2) is 0 Å². The van der Waals surface area contributed by atoms with Gasteiger partial charge in [-0.15, -0.1) is 11.3 Å². The summed E-state index contributed by atoms with van der Waals surface area (Å²) < 4.78 is 12.1. The minimum Gasteiger partial charge on any atom is -0.494 e. The van der Waals surface area contributed by atoms with E-state index in [0.717, 1.165) is 4.57 Å². The summed E-state index contributed by atoms with van der Waals surface area (Å²) in [5, 5.41) is 11.1. The fourth-order valence-electron chi connectivity index (χ4n) is 2.98. The van der Waals surface area contributed by atoms with Crippen LogP contribution in [0.2, 0.25) is 0 Å². The van der Waals surface area contributed by atoms with E-state index in [1.165, 1.54) is 29.7 Å². The zero-order valence-electron chi connectivity index (χ0n) is 15.1. The van der Waals surface area contributed by atoms with Gasteiger partial charge in [-0.2, -0.15) is 0 Å². The van der Waals surface area contributed by atoms with Crippen LogP contribution in [0.25, 0.3) is 21.5 Å². The molecule has 0 amide bonds. The maximum absolute atomic E-state index is 12.9. The molecule has 4 rings (SSSR count). The molecule has 3 aromatic heterocycles. The number of hydrogen-bond acceptors (Lipinski definition) is 6. The molecule has 148 valence electrons. The molecule has 4 aromatic rings. The smallest absolute Gasteiger partial charge is 0.335 e. The monoisotopic (exact) mass is 412 g/mol. The van der Waals surface area contributed by atoms with Crippen LogP contribution in [0.15, 0.2) is 62.0 Å². The molecule has 1 aromatic carbocycles. The van der Waals surface area contributed by atoms with Gasteiger partial charge in [-0.3, -0.25) is 14.3 Å². The Morgan fingerprint density at radius 2 is 2.00 bits per heavy atom. The lowest BCUT2D eigenvalue weighted by Crippen LogP contribution is -2.35. The molecule has 8 nitrogen and oxygen atoms in total. The number of aromatic carboxylic acids is 1. The molecule has 0 aliphatic carbocycles. The molecule has 0 radical (unpaired) electrons. The number of carboxylic acid groups (broad SMARTS) is 1. The maximum atomic E-state index is 12.9. The average molecular weight is 412 g/mol. The summed E-state index contributed by atoms with van der Waals surface area (Å²) in [5.74, 6) is 0.0811. The molecule has 0 unspecified atom stereocenters. The highest BCUT2D eigenvalue weighted by Gasteiger charge is 2.16. The Balaban J connectivity index is 1.49. The number of hydrogen-bond donors (Lipinski definition) is 2. The minimum absolute atomic E-state index is 0.173. The molecular weight excluding hydrogens is 396 g/mol. The van der Waals surface area contributed by atoms with Crippen LogP contribution in [0.5, 0.6) is 5.75 Å². The first-order valence-electron chi connectivity index (χ1n) is 8.79. The third-order valence-corrected chi connectivity index (χ3v) is 5.29. The zero-order chi connectivity index (χ0) is 20.4. The van der Waals surface area contributed by atoms with Crippen LogP contribution in [-0.2, 0) is 6.54 Å². The second-order valence-electron chi connectivity index (χ2n) is 6.25. The molecular formula is C20H16N2O6S. The molecule has 0 fully saturated rings. The lowest BCUT2D eigenvalue weighted by Gasteiger charge is -2.08. The second kappa shape index (κ2) is 7.80. The Kier molecular flexibility index (Phi) is 5.05. The van der Waals surface area contributed by atoms with Crippen LogP contribution in [0, 0.1) is 0 Å². The van der Waals surface area contributed by atoms with Gasteiger partial charge in [0, 0.05) is 17.5 Å². The summed E-state index contributed by atoms with van der Waals surface area (Å²) in [4.78, 5) is 39.3. The van der Waals surface area contributed by atoms with E-state index < -0.39 is 11.7 Å². The molecule has 0 atom stereocenters. The van der Waals surface area contributed by atoms with Crippen molar-refractivity contribution in [2.45, 2.75) is 13.0 Å². The third kappa shape index (κ3) is 3.72. The van der Waals surface area contributed by atoms with Crippen molar-refractivity contribution in [3.63, 3.8) is 0 Å². The highest BCUT2D eigenvalue weighted by atomic mass is 32.1. The fraction of sp³-hybridized carbons (Fsp3) is 0.150. The standard InChI is InChI=1S/C20H16N2O6S/c23-18-16-14(15-3-1-9-28-15)11-29-17(16)21-20(26)22(18)8-2-10-27-13-6-4-12(5-7-13)19(24)25/h1,3-7,9,11H,2,8,10H2,(H,21,26)(H,24,25). The van der Waals surface area contributed by atoms with Crippen LogP contribution in [0.4, 0.5) is 0 Å². The Morgan fingerprint density at radius 1 is 1.21 bits per heavy atom. The van der Waals surface area contributed by atoms with E-state index >= 15 is 0 Å². The Labute approximate surface area is 167 Å². The third-order valence-electron chi connectivity index (χ3n) is 4.40. The summed E-state index contributed by atoms with van der Waals surface area (Å²) >= 11 is 1.28. The highest BCUT2D eigenvalue weighted by molar-refractivity contribution is 7.17. The first kappa shape index (κ1) is 18.8. The van der Waals surface area contributed by atoms with Gasteiger partial charge in [0.2, 0.25) is 0 Å². The van der Waals surface area contributed by atoms with E-state index in [4.69, 9.17) is 14.3 Å². The molecule has 0 bridgehead atoms. The number of H-pyrrole nitrogens is 1. The lowest BCUT2D eigenvalue weighted by molar-refractivity contribution is 0.0697. The summed E-state index contributed by atoms with van der Waals surface area (Å²) in [7, 11) is 0. The van der Waals surface area contributed by atoms with Crippen molar-refractivity contribution in [3.05, 3.63) is 74.4 Å². The Bertz CT molecular complexity index is 1270. The number of rotatable bonds is 7. The molecule has 0 aliphatic rings. The lowest BCUT2D eigenvalue weighted by atomic mass is 10.2. The molecule has 0 saturated heterocycles. The Hall–Kier alpha value is -3.59. The zero-order valence-corrected chi connectivity index (χ0v) is 15.9. The number of aromatic nitrogens is 2. The first-order chi connectivity index (χ1) is 14.0. The van der Waals surface area contributed by atoms with Crippen LogP contribution in [-0.4, -0.2) is 27.2 Å². The van der Waals surface area contributed by atoms with Gasteiger partial charge in [0.25, 0.3) is 5.56 Å². The van der Waals surface area contributed by atoms with Crippen molar-refractivity contribution in [3.8, 4) is 17.1 Å². The first-order valence-corrected chi connectivity index (χ1v) is 9.67. The van der Waals surface area contributed by atoms with E-state index in [1.54, 1.807) is 29.6 Å². The summed E-state index contributed by atoms with van der Waals surface area (Å²) in [6, 6.07) is 9.54. The highest BCUT2D eigenvalue weighted by Crippen LogP contribution is 2.30. The van der Waals surface area contributed by atoms with Gasteiger partial charge in [0.1, 0.15) is 16.3 Å². The number of carbonyl (C=O) groups is 1. The Morgan fingerprint density at radius 3 is 2.69 bits per heavy atom. The molecule has 0 saturated carbocycles. The number of aromatic amines is 1. The molecule has 29 heavy (non-hydrogen) atoms. The number of ether oxygens (including phenoxy) is 1. The number of nitrogens with one attached hydrogen (secondary N) is 1. The average Bonchev–Trinajstić information content (AvgIpc) is 3.37. The number of benzene rings is 1. The largest absolute Gasteiger partial charge is 0.494 e. The van der Waals surface area contributed by atoms with E-state index in [2.05, 4.69) is 4.98 Å². The van der Waals surface area contributed by atoms with Crippen LogP contribution >= 0.6 is 11.3 Å². The number of nitrogens with zero attached hydrogens (tertiary/aromatic N) is 1. The molecule has 9 heteroatoms. The molecule has 0 aliphatic heterocycles.